The van der Waals surface area contributed by atoms with Gasteiger partial charge in [0, 0.05) is 16.7 Å². The molecule has 0 saturated heterocycles. The van der Waals surface area contributed by atoms with Gasteiger partial charge in [-0.15, -0.1) is 0 Å². The number of anilines is 1. The van der Waals surface area contributed by atoms with Gasteiger partial charge in [-0.1, -0.05) is 23.7 Å². The van der Waals surface area contributed by atoms with E-state index in [2.05, 4.69) is 10.4 Å². The van der Waals surface area contributed by atoms with E-state index in [1.807, 2.05) is 0 Å². The van der Waals surface area contributed by atoms with E-state index in [0.29, 0.717) is 27.8 Å². The molecule has 0 aliphatic rings. The molecule has 1 aromatic heterocycles. The summed E-state index contributed by atoms with van der Waals surface area (Å²) in [5, 5.41) is 7.55. The van der Waals surface area contributed by atoms with Crippen LogP contribution in [0.25, 0.3) is 5.69 Å². The van der Waals surface area contributed by atoms with Crippen molar-refractivity contribution in [2.45, 2.75) is 6.92 Å². The average molecular weight is 330 g/mol. The zero-order chi connectivity index (χ0) is 16.4. The Morgan fingerprint density at radius 3 is 2.70 bits per heavy atom. The van der Waals surface area contributed by atoms with Crippen molar-refractivity contribution in [1.82, 2.24) is 9.78 Å². The van der Waals surface area contributed by atoms with Gasteiger partial charge in [-0.25, -0.2) is 9.07 Å². The molecule has 6 heteroatoms. The van der Waals surface area contributed by atoms with Crippen LogP contribution in [0.5, 0.6) is 0 Å². The van der Waals surface area contributed by atoms with Crippen LogP contribution in [0.15, 0.2) is 54.6 Å². The van der Waals surface area contributed by atoms with Crippen LogP contribution in [0, 0.1) is 12.7 Å². The Hall–Kier alpha value is -2.66. The van der Waals surface area contributed by atoms with E-state index < -0.39 is 0 Å². The molecule has 0 atom stereocenters. The summed E-state index contributed by atoms with van der Waals surface area (Å²) in [5.74, 6) is -0.231. The lowest BCUT2D eigenvalue weighted by Gasteiger charge is -2.09. The molecule has 0 aliphatic carbocycles. The lowest BCUT2D eigenvalue weighted by atomic mass is 10.2. The third kappa shape index (κ3) is 3.40. The highest BCUT2D eigenvalue weighted by atomic mass is 35.5. The van der Waals surface area contributed by atoms with Gasteiger partial charge in [-0.3, -0.25) is 4.79 Å². The van der Waals surface area contributed by atoms with Gasteiger partial charge in [-0.2, -0.15) is 5.10 Å². The summed E-state index contributed by atoms with van der Waals surface area (Å²) in [6, 6.07) is 14.4. The zero-order valence-corrected chi connectivity index (χ0v) is 13.0. The maximum absolute atomic E-state index is 13.4. The Labute approximate surface area is 137 Å². The highest BCUT2D eigenvalue weighted by Gasteiger charge is 2.13. The minimum absolute atomic E-state index is 0.315. The van der Waals surface area contributed by atoms with Crippen molar-refractivity contribution >= 4 is 23.3 Å². The first-order valence-electron chi connectivity index (χ1n) is 6.92. The Morgan fingerprint density at radius 2 is 1.96 bits per heavy atom. The van der Waals surface area contributed by atoms with Crippen molar-refractivity contribution < 1.29 is 9.18 Å². The molecule has 1 N–H and O–H groups in total. The van der Waals surface area contributed by atoms with Gasteiger partial charge < -0.3 is 5.32 Å². The minimum Gasteiger partial charge on any atom is -0.306 e. The SMILES string of the molecule is Cc1cc(NC(=O)c2cccc(Cl)c2)n(-c2cccc(F)c2)n1. The van der Waals surface area contributed by atoms with E-state index >= 15 is 0 Å². The second-order valence-electron chi connectivity index (χ2n) is 5.03. The summed E-state index contributed by atoms with van der Waals surface area (Å²) in [5.41, 5.74) is 1.66. The lowest BCUT2D eigenvalue weighted by Crippen LogP contribution is -2.15. The number of rotatable bonds is 3. The Morgan fingerprint density at radius 1 is 1.17 bits per heavy atom. The second-order valence-corrected chi connectivity index (χ2v) is 5.46. The molecule has 0 radical (unpaired) electrons. The molecule has 0 unspecified atom stereocenters. The Bertz CT molecular complexity index is 876. The third-order valence-electron chi connectivity index (χ3n) is 3.21. The molecule has 0 saturated carbocycles. The van der Waals surface area contributed by atoms with Crippen molar-refractivity contribution in [1.29, 1.82) is 0 Å². The standard InChI is InChI=1S/C17H13ClFN3O/c1-11-8-16(20-17(23)12-4-2-5-13(18)9-12)22(21-11)15-7-3-6-14(19)10-15/h2-10H,1H3,(H,20,23). The summed E-state index contributed by atoms with van der Waals surface area (Å²) in [4.78, 5) is 12.3. The van der Waals surface area contributed by atoms with Crippen LogP contribution in [0.3, 0.4) is 0 Å². The summed E-state index contributed by atoms with van der Waals surface area (Å²) in [6.45, 7) is 1.80. The smallest absolute Gasteiger partial charge is 0.256 e. The fourth-order valence-electron chi connectivity index (χ4n) is 2.21. The van der Waals surface area contributed by atoms with Crippen molar-refractivity contribution in [3.63, 3.8) is 0 Å². The molecular formula is C17H13ClFN3O. The van der Waals surface area contributed by atoms with E-state index in [1.165, 1.54) is 16.8 Å². The average Bonchev–Trinajstić information content (AvgIpc) is 2.88. The summed E-state index contributed by atoms with van der Waals surface area (Å²) in [7, 11) is 0. The van der Waals surface area contributed by atoms with Crippen LogP contribution in [-0.4, -0.2) is 15.7 Å². The van der Waals surface area contributed by atoms with Gasteiger partial charge in [0.05, 0.1) is 11.4 Å². The van der Waals surface area contributed by atoms with Gasteiger partial charge in [0.15, 0.2) is 0 Å². The molecule has 3 aromatic rings. The first-order valence-corrected chi connectivity index (χ1v) is 7.30. The maximum atomic E-state index is 13.4. The third-order valence-corrected chi connectivity index (χ3v) is 3.45. The lowest BCUT2D eigenvalue weighted by molar-refractivity contribution is 0.102. The van der Waals surface area contributed by atoms with Crippen LogP contribution in [0.4, 0.5) is 10.2 Å². The van der Waals surface area contributed by atoms with E-state index in [0.717, 1.165) is 0 Å². The van der Waals surface area contributed by atoms with E-state index in [1.54, 1.807) is 49.4 Å². The number of carbonyl (C=O) groups excluding carboxylic acids is 1. The number of hydrogen-bond acceptors (Lipinski definition) is 2. The van der Waals surface area contributed by atoms with Gasteiger partial charge in [0.1, 0.15) is 11.6 Å². The number of benzene rings is 2. The quantitative estimate of drug-likeness (QED) is 0.781. The molecular weight excluding hydrogens is 317 g/mol. The van der Waals surface area contributed by atoms with E-state index in [9.17, 15) is 9.18 Å². The van der Waals surface area contributed by atoms with Crippen molar-refractivity contribution in [2.75, 3.05) is 5.32 Å². The molecule has 1 amide bonds. The minimum atomic E-state index is -0.372. The Kier molecular flexibility index (Phi) is 4.12. The first kappa shape index (κ1) is 15.2. The second kappa shape index (κ2) is 6.22. The van der Waals surface area contributed by atoms with Crippen LogP contribution in [0.1, 0.15) is 16.1 Å². The predicted molar refractivity (Wildman–Crippen MR) is 87.7 cm³/mol. The maximum Gasteiger partial charge on any atom is 0.256 e. The molecule has 4 nitrogen and oxygen atoms in total. The number of nitrogens with zero attached hydrogens (tertiary/aromatic N) is 2. The van der Waals surface area contributed by atoms with Crippen LogP contribution < -0.4 is 5.32 Å². The van der Waals surface area contributed by atoms with Crippen LogP contribution in [-0.2, 0) is 0 Å². The number of aromatic nitrogens is 2. The fourth-order valence-corrected chi connectivity index (χ4v) is 2.40. The largest absolute Gasteiger partial charge is 0.306 e. The molecule has 1 heterocycles. The molecule has 2 aromatic carbocycles. The number of hydrogen-bond donors (Lipinski definition) is 1. The molecule has 116 valence electrons. The first-order chi connectivity index (χ1) is 11.0. The van der Waals surface area contributed by atoms with Crippen molar-refractivity contribution in [3.8, 4) is 5.69 Å². The fraction of sp³-hybridized carbons (Fsp3) is 0.0588. The molecule has 3 rings (SSSR count). The van der Waals surface area contributed by atoms with Crippen LogP contribution >= 0.6 is 11.6 Å². The van der Waals surface area contributed by atoms with E-state index in [-0.39, 0.29) is 11.7 Å². The van der Waals surface area contributed by atoms with Gasteiger partial charge in [0.25, 0.3) is 5.91 Å². The van der Waals surface area contributed by atoms with Gasteiger partial charge >= 0.3 is 0 Å². The van der Waals surface area contributed by atoms with Crippen molar-refractivity contribution in [3.05, 3.63) is 76.7 Å². The van der Waals surface area contributed by atoms with E-state index in [4.69, 9.17) is 11.6 Å². The summed E-state index contributed by atoms with van der Waals surface area (Å²) >= 11 is 5.90. The topological polar surface area (TPSA) is 46.9 Å². The zero-order valence-electron chi connectivity index (χ0n) is 12.3. The number of halogens is 2. The monoisotopic (exact) mass is 329 g/mol. The molecule has 0 fully saturated rings. The Balaban J connectivity index is 1.93. The van der Waals surface area contributed by atoms with Crippen LogP contribution in [0.2, 0.25) is 5.02 Å². The predicted octanol–water partition coefficient (Wildman–Crippen LogP) is 4.23. The number of nitrogens with one attached hydrogen (secondary N) is 1. The molecule has 23 heavy (non-hydrogen) atoms. The summed E-state index contributed by atoms with van der Waals surface area (Å²) < 4.78 is 14.9. The molecule has 0 spiro atoms. The normalized spacial score (nSPS) is 10.6. The number of carbonyl (C=O) groups is 1. The summed E-state index contributed by atoms with van der Waals surface area (Å²) in [6.07, 6.45) is 0. The highest BCUT2D eigenvalue weighted by molar-refractivity contribution is 6.31. The van der Waals surface area contributed by atoms with Crippen molar-refractivity contribution in [2.24, 2.45) is 0 Å². The molecule has 0 bridgehead atoms. The number of aryl methyl sites for hydroxylation is 1. The number of amides is 1. The highest BCUT2D eigenvalue weighted by Crippen LogP contribution is 2.19. The van der Waals surface area contributed by atoms with Gasteiger partial charge in [-0.05, 0) is 43.3 Å². The van der Waals surface area contributed by atoms with Gasteiger partial charge in [0.2, 0.25) is 0 Å². The molecule has 0 aliphatic heterocycles.